The Morgan fingerprint density at radius 1 is 1.14 bits per heavy atom. The highest BCUT2D eigenvalue weighted by atomic mass is 16.5. The zero-order valence-electron chi connectivity index (χ0n) is 12.6. The first-order valence-corrected chi connectivity index (χ1v) is 7.29. The summed E-state index contributed by atoms with van der Waals surface area (Å²) in [6, 6.07) is 8.55. The molecule has 0 amide bonds. The first-order chi connectivity index (χ1) is 10.7. The van der Waals surface area contributed by atoms with E-state index in [4.69, 9.17) is 16.2 Å². The molecule has 1 aliphatic rings. The summed E-state index contributed by atoms with van der Waals surface area (Å²) in [5.74, 6) is 1.82. The van der Waals surface area contributed by atoms with Gasteiger partial charge in [-0.1, -0.05) is 12.1 Å². The second-order valence-corrected chi connectivity index (χ2v) is 5.37. The molecule has 7 heteroatoms. The highest BCUT2D eigenvalue weighted by Gasteiger charge is 2.26. The van der Waals surface area contributed by atoms with Crippen LogP contribution in [0, 0.1) is 0 Å². The third-order valence-electron chi connectivity index (χ3n) is 3.93. The van der Waals surface area contributed by atoms with E-state index < -0.39 is 0 Å². The number of anilines is 2. The number of benzene rings is 1. The highest BCUT2D eigenvalue weighted by Crippen LogP contribution is 2.33. The van der Waals surface area contributed by atoms with Gasteiger partial charge in [-0.25, -0.2) is 0 Å². The van der Waals surface area contributed by atoms with Crippen LogP contribution in [-0.4, -0.2) is 33.5 Å². The second kappa shape index (κ2) is 6.15. The lowest BCUT2D eigenvalue weighted by atomic mass is 10.0. The van der Waals surface area contributed by atoms with Crippen LogP contribution in [0.25, 0.3) is 0 Å². The number of nitrogens with two attached hydrogens (primary N) is 2. The largest absolute Gasteiger partial charge is 0.497 e. The van der Waals surface area contributed by atoms with Crippen molar-refractivity contribution in [2.75, 3.05) is 25.1 Å². The normalized spacial score (nSPS) is 18.5. The molecular weight excluding hydrogens is 280 g/mol. The summed E-state index contributed by atoms with van der Waals surface area (Å²) in [6.45, 7) is 1.62. The van der Waals surface area contributed by atoms with Crippen molar-refractivity contribution in [3.05, 3.63) is 35.7 Å². The van der Waals surface area contributed by atoms with Gasteiger partial charge >= 0.3 is 0 Å². The fourth-order valence-corrected chi connectivity index (χ4v) is 2.93. The molecule has 1 fully saturated rings. The van der Waals surface area contributed by atoms with Crippen LogP contribution in [-0.2, 0) is 6.54 Å². The Morgan fingerprint density at radius 3 is 2.45 bits per heavy atom. The number of rotatable bonds is 4. The van der Waals surface area contributed by atoms with Gasteiger partial charge in [0.05, 0.1) is 13.7 Å². The van der Waals surface area contributed by atoms with Gasteiger partial charge in [-0.15, -0.1) is 0 Å². The van der Waals surface area contributed by atoms with Crippen molar-refractivity contribution in [3.63, 3.8) is 0 Å². The molecule has 0 spiro atoms. The molecule has 2 aromatic rings. The Labute approximate surface area is 129 Å². The molecule has 22 heavy (non-hydrogen) atoms. The lowest BCUT2D eigenvalue weighted by Crippen LogP contribution is -2.24. The van der Waals surface area contributed by atoms with Crippen LogP contribution in [0.2, 0.25) is 0 Å². The van der Waals surface area contributed by atoms with Gasteiger partial charge in [0, 0.05) is 6.04 Å². The summed E-state index contributed by atoms with van der Waals surface area (Å²) < 4.78 is 5.21. The minimum Gasteiger partial charge on any atom is -0.497 e. The van der Waals surface area contributed by atoms with Gasteiger partial charge in [0.1, 0.15) is 11.6 Å². The van der Waals surface area contributed by atoms with Crippen molar-refractivity contribution in [3.8, 4) is 5.75 Å². The van der Waals surface area contributed by atoms with Crippen molar-refractivity contribution < 1.29 is 4.74 Å². The maximum absolute atomic E-state index is 5.64. The number of nitrogens with zero attached hydrogens (tertiary/aromatic N) is 4. The van der Waals surface area contributed by atoms with Crippen molar-refractivity contribution in [1.82, 2.24) is 19.9 Å². The average molecular weight is 300 g/mol. The molecule has 1 aromatic carbocycles. The number of methoxy groups -OCH3 is 1. The summed E-state index contributed by atoms with van der Waals surface area (Å²) in [6.07, 6.45) is 2.26. The third kappa shape index (κ3) is 3.09. The van der Waals surface area contributed by atoms with E-state index in [-0.39, 0.29) is 11.9 Å². The average Bonchev–Trinajstić information content (AvgIpc) is 2.94. The molecule has 4 N–H and O–H groups in total. The maximum atomic E-state index is 5.64. The number of hydrogen-bond acceptors (Lipinski definition) is 7. The summed E-state index contributed by atoms with van der Waals surface area (Å²) in [4.78, 5) is 14.5. The molecule has 0 radical (unpaired) electrons. The molecule has 116 valence electrons. The molecule has 3 rings (SSSR count). The Kier molecular flexibility index (Phi) is 4.06. The monoisotopic (exact) mass is 300 g/mol. The molecule has 0 aliphatic carbocycles. The van der Waals surface area contributed by atoms with E-state index in [0.717, 1.165) is 25.1 Å². The predicted molar refractivity (Wildman–Crippen MR) is 84.0 cm³/mol. The van der Waals surface area contributed by atoms with Crippen molar-refractivity contribution >= 4 is 11.9 Å². The summed E-state index contributed by atoms with van der Waals surface area (Å²) >= 11 is 0. The van der Waals surface area contributed by atoms with E-state index in [1.807, 2.05) is 12.1 Å². The predicted octanol–water partition coefficient (Wildman–Crippen LogP) is 1.38. The minimum atomic E-state index is 0.169. The molecule has 0 unspecified atom stereocenters. The van der Waals surface area contributed by atoms with Gasteiger partial charge in [0.2, 0.25) is 11.9 Å². The van der Waals surface area contributed by atoms with Crippen LogP contribution < -0.4 is 16.2 Å². The zero-order chi connectivity index (χ0) is 15.5. The van der Waals surface area contributed by atoms with E-state index in [2.05, 4.69) is 32.0 Å². The van der Waals surface area contributed by atoms with Crippen LogP contribution in [0.15, 0.2) is 24.3 Å². The fourth-order valence-electron chi connectivity index (χ4n) is 2.93. The van der Waals surface area contributed by atoms with E-state index in [1.165, 1.54) is 5.56 Å². The van der Waals surface area contributed by atoms with Crippen LogP contribution in [0.4, 0.5) is 11.9 Å². The minimum absolute atomic E-state index is 0.169. The topological polar surface area (TPSA) is 103 Å². The third-order valence-corrected chi connectivity index (χ3v) is 3.93. The van der Waals surface area contributed by atoms with Crippen molar-refractivity contribution in [2.24, 2.45) is 0 Å². The van der Waals surface area contributed by atoms with Crippen LogP contribution in [0.1, 0.15) is 30.3 Å². The van der Waals surface area contributed by atoms with Crippen molar-refractivity contribution in [2.45, 2.75) is 25.4 Å². The molecule has 1 aliphatic heterocycles. The molecule has 1 saturated heterocycles. The summed E-state index contributed by atoms with van der Waals surface area (Å²) in [5.41, 5.74) is 12.5. The van der Waals surface area contributed by atoms with E-state index in [0.29, 0.717) is 18.4 Å². The van der Waals surface area contributed by atoms with Gasteiger partial charge in [0.15, 0.2) is 0 Å². The lowest BCUT2D eigenvalue weighted by molar-refractivity contribution is 0.242. The van der Waals surface area contributed by atoms with E-state index in [1.54, 1.807) is 7.11 Å². The van der Waals surface area contributed by atoms with Crippen molar-refractivity contribution in [1.29, 1.82) is 0 Å². The van der Waals surface area contributed by atoms with Crippen LogP contribution in [0.5, 0.6) is 5.75 Å². The maximum Gasteiger partial charge on any atom is 0.225 e. The standard InChI is InChI=1S/C15H20N6O/c1-22-11-6-4-10(5-7-11)12-3-2-8-21(12)9-13-18-14(16)20-15(17)19-13/h4-7,12H,2-3,8-9H2,1H3,(H4,16,17,18,19,20)/t12-/m0/s1. The van der Waals surface area contributed by atoms with Gasteiger partial charge in [0.25, 0.3) is 0 Å². The number of hydrogen-bond donors (Lipinski definition) is 2. The summed E-state index contributed by atoms with van der Waals surface area (Å²) in [5, 5.41) is 0. The van der Waals surface area contributed by atoms with Gasteiger partial charge in [-0.05, 0) is 37.1 Å². The molecule has 0 bridgehead atoms. The Bertz CT molecular complexity index is 625. The van der Waals surface area contributed by atoms with Crippen LogP contribution >= 0.6 is 0 Å². The first-order valence-electron chi connectivity index (χ1n) is 7.29. The zero-order valence-corrected chi connectivity index (χ0v) is 12.6. The molecule has 2 heterocycles. The Morgan fingerprint density at radius 2 is 1.82 bits per heavy atom. The number of likely N-dealkylation sites (tertiary alicyclic amines) is 1. The fraction of sp³-hybridized carbons (Fsp3) is 0.400. The molecule has 1 aromatic heterocycles. The second-order valence-electron chi connectivity index (χ2n) is 5.37. The smallest absolute Gasteiger partial charge is 0.225 e. The number of aromatic nitrogens is 3. The quantitative estimate of drug-likeness (QED) is 0.879. The molecule has 0 saturated carbocycles. The highest BCUT2D eigenvalue weighted by molar-refractivity contribution is 5.30. The van der Waals surface area contributed by atoms with Gasteiger partial charge in [-0.2, -0.15) is 15.0 Å². The Hall–Kier alpha value is -2.41. The first kappa shape index (κ1) is 14.5. The molecule has 7 nitrogen and oxygen atoms in total. The van der Waals surface area contributed by atoms with Gasteiger partial charge < -0.3 is 16.2 Å². The molecule has 1 atom stereocenters. The van der Waals surface area contributed by atoms with E-state index >= 15 is 0 Å². The molecular formula is C15H20N6O. The lowest BCUT2D eigenvalue weighted by Gasteiger charge is -2.24. The Balaban J connectivity index is 1.77. The summed E-state index contributed by atoms with van der Waals surface area (Å²) in [7, 11) is 1.67. The number of nitrogen functional groups attached to an aromatic ring is 2. The number of ether oxygens (including phenoxy) is 1. The van der Waals surface area contributed by atoms with Gasteiger partial charge in [-0.3, -0.25) is 4.90 Å². The van der Waals surface area contributed by atoms with E-state index in [9.17, 15) is 0 Å². The van der Waals surface area contributed by atoms with Crippen LogP contribution in [0.3, 0.4) is 0 Å². The SMILES string of the molecule is COc1ccc([C@@H]2CCCN2Cc2nc(N)nc(N)n2)cc1.